The van der Waals surface area contributed by atoms with Crippen LogP contribution in [0.25, 0.3) is 0 Å². The van der Waals surface area contributed by atoms with Crippen LogP contribution >= 0.6 is 11.6 Å². The van der Waals surface area contributed by atoms with E-state index in [0.717, 1.165) is 24.8 Å². The van der Waals surface area contributed by atoms with E-state index in [0.29, 0.717) is 29.7 Å². The number of carboxylic acids is 1. The summed E-state index contributed by atoms with van der Waals surface area (Å²) in [6.07, 6.45) is 2.57. The molecule has 1 fully saturated rings. The van der Waals surface area contributed by atoms with Gasteiger partial charge in [-0.2, -0.15) is 0 Å². The number of fused-ring (bicyclic) bond motifs is 1. The van der Waals surface area contributed by atoms with Crippen LogP contribution in [0.4, 0.5) is 0 Å². The highest BCUT2D eigenvalue weighted by atomic mass is 35.5. The van der Waals surface area contributed by atoms with Crippen molar-refractivity contribution in [2.75, 3.05) is 13.2 Å². The average molecular weight is 283 g/mol. The molecule has 0 bridgehead atoms. The molecule has 19 heavy (non-hydrogen) atoms. The summed E-state index contributed by atoms with van der Waals surface area (Å²) >= 11 is 6.29. The molecule has 2 aliphatic rings. The molecule has 0 radical (unpaired) electrons. The van der Waals surface area contributed by atoms with Crippen molar-refractivity contribution >= 4 is 17.6 Å². The van der Waals surface area contributed by atoms with Crippen molar-refractivity contribution in [2.24, 2.45) is 0 Å². The topological polar surface area (TPSA) is 55.8 Å². The van der Waals surface area contributed by atoms with Crippen LogP contribution in [0.5, 0.6) is 11.5 Å². The van der Waals surface area contributed by atoms with E-state index in [1.165, 1.54) is 0 Å². The highest BCUT2D eigenvalue weighted by Crippen LogP contribution is 2.58. The van der Waals surface area contributed by atoms with E-state index in [4.69, 9.17) is 26.2 Å². The molecule has 1 heterocycles. The monoisotopic (exact) mass is 282 g/mol. The Labute approximate surface area is 116 Å². The Morgan fingerprint density at radius 3 is 2.74 bits per heavy atom. The zero-order valence-corrected chi connectivity index (χ0v) is 11.2. The van der Waals surface area contributed by atoms with Crippen molar-refractivity contribution in [3.63, 3.8) is 0 Å². The molecule has 102 valence electrons. The van der Waals surface area contributed by atoms with Crippen LogP contribution < -0.4 is 9.47 Å². The summed E-state index contributed by atoms with van der Waals surface area (Å²) in [6, 6.07) is 3.57. The second-order valence-corrected chi connectivity index (χ2v) is 5.56. The Bertz CT molecular complexity index is 522. The Balaban J connectivity index is 2.07. The molecule has 0 unspecified atom stereocenters. The number of aliphatic carboxylic acids is 1. The number of carbonyl (C=O) groups is 1. The zero-order chi connectivity index (χ0) is 13.5. The molecule has 1 aromatic rings. The van der Waals surface area contributed by atoms with Gasteiger partial charge >= 0.3 is 5.97 Å². The fourth-order valence-electron chi connectivity index (χ4n) is 2.66. The second-order valence-electron chi connectivity index (χ2n) is 5.15. The molecule has 0 spiro atoms. The standard InChI is InChI=1S/C14H15ClO4/c15-9-2-3-10-13(19-7-1-6-18-10)12(9)14(4-5-14)8-11(16)17/h2-3H,1,4-8H2,(H,16,17). The Morgan fingerprint density at radius 1 is 1.32 bits per heavy atom. The van der Waals surface area contributed by atoms with Gasteiger partial charge in [-0.05, 0) is 25.0 Å². The van der Waals surface area contributed by atoms with Crippen LogP contribution in [0, 0.1) is 0 Å². The molecule has 0 amide bonds. The molecular formula is C14H15ClO4. The van der Waals surface area contributed by atoms with Crippen molar-refractivity contribution in [1.29, 1.82) is 0 Å². The quantitative estimate of drug-likeness (QED) is 0.926. The SMILES string of the molecule is O=C(O)CC1(c2c(Cl)ccc3c2OCCCO3)CC1. The maximum atomic E-state index is 11.1. The molecule has 0 atom stereocenters. The summed E-state index contributed by atoms with van der Waals surface area (Å²) in [4.78, 5) is 11.1. The van der Waals surface area contributed by atoms with Crippen molar-refractivity contribution in [1.82, 2.24) is 0 Å². The predicted octanol–water partition coefficient (Wildman–Crippen LogP) is 3.01. The lowest BCUT2D eigenvalue weighted by Crippen LogP contribution is -2.15. The lowest BCUT2D eigenvalue weighted by molar-refractivity contribution is -0.137. The van der Waals surface area contributed by atoms with E-state index in [2.05, 4.69) is 0 Å². The average Bonchev–Trinajstić information content (AvgIpc) is 3.12. The number of hydrogen-bond acceptors (Lipinski definition) is 3. The summed E-state index contributed by atoms with van der Waals surface area (Å²) in [6.45, 7) is 1.18. The summed E-state index contributed by atoms with van der Waals surface area (Å²) in [5.41, 5.74) is 0.443. The van der Waals surface area contributed by atoms with Gasteiger partial charge in [-0.1, -0.05) is 11.6 Å². The third-order valence-electron chi connectivity index (χ3n) is 3.74. The first-order chi connectivity index (χ1) is 9.12. The number of rotatable bonds is 3. The second kappa shape index (κ2) is 4.60. The summed E-state index contributed by atoms with van der Waals surface area (Å²) in [5.74, 6) is 0.512. The Hall–Kier alpha value is -1.42. The minimum Gasteiger partial charge on any atom is -0.490 e. The van der Waals surface area contributed by atoms with Gasteiger partial charge in [0.15, 0.2) is 11.5 Å². The molecule has 5 heteroatoms. The van der Waals surface area contributed by atoms with Crippen molar-refractivity contribution in [3.05, 3.63) is 22.7 Å². The smallest absolute Gasteiger partial charge is 0.304 e. The molecule has 3 rings (SSSR count). The molecule has 0 saturated heterocycles. The van der Waals surface area contributed by atoms with E-state index in [-0.39, 0.29) is 11.8 Å². The number of carboxylic acid groups (broad SMARTS) is 1. The van der Waals surface area contributed by atoms with Crippen LogP contribution in [-0.4, -0.2) is 24.3 Å². The molecule has 1 aliphatic carbocycles. The first-order valence-corrected chi connectivity index (χ1v) is 6.81. The maximum Gasteiger partial charge on any atom is 0.304 e. The first-order valence-electron chi connectivity index (χ1n) is 6.43. The molecule has 1 aromatic carbocycles. The summed E-state index contributed by atoms with van der Waals surface area (Å²) in [5, 5.41) is 9.66. The van der Waals surface area contributed by atoms with Gasteiger partial charge in [-0.15, -0.1) is 0 Å². The van der Waals surface area contributed by atoms with Crippen molar-refractivity contribution in [2.45, 2.75) is 31.1 Å². The van der Waals surface area contributed by atoms with E-state index in [1.54, 1.807) is 12.1 Å². The number of hydrogen-bond donors (Lipinski definition) is 1. The third kappa shape index (κ3) is 2.25. The highest BCUT2D eigenvalue weighted by molar-refractivity contribution is 6.31. The van der Waals surface area contributed by atoms with Crippen LogP contribution in [0.3, 0.4) is 0 Å². The normalized spacial score (nSPS) is 19.6. The Morgan fingerprint density at radius 2 is 2.05 bits per heavy atom. The van der Waals surface area contributed by atoms with E-state index >= 15 is 0 Å². The van der Waals surface area contributed by atoms with Gasteiger partial charge in [0.05, 0.1) is 19.6 Å². The Kier molecular flexibility index (Phi) is 3.05. The largest absolute Gasteiger partial charge is 0.490 e. The molecular weight excluding hydrogens is 268 g/mol. The number of benzene rings is 1. The van der Waals surface area contributed by atoms with E-state index in [1.807, 2.05) is 0 Å². The third-order valence-corrected chi connectivity index (χ3v) is 4.05. The number of ether oxygens (including phenoxy) is 2. The van der Waals surface area contributed by atoms with Gasteiger partial charge in [0.25, 0.3) is 0 Å². The lowest BCUT2D eigenvalue weighted by Gasteiger charge is -2.20. The van der Waals surface area contributed by atoms with Gasteiger partial charge in [-0.25, -0.2) is 0 Å². The van der Waals surface area contributed by atoms with Crippen molar-refractivity contribution in [3.8, 4) is 11.5 Å². The van der Waals surface area contributed by atoms with Gasteiger partial charge < -0.3 is 14.6 Å². The molecule has 1 saturated carbocycles. The molecule has 1 N–H and O–H groups in total. The van der Waals surface area contributed by atoms with Gasteiger partial charge in [0.1, 0.15) is 0 Å². The van der Waals surface area contributed by atoms with Crippen LogP contribution in [0.2, 0.25) is 5.02 Å². The number of halogens is 1. The van der Waals surface area contributed by atoms with Gasteiger partial charge in [0.2, 0.25) is 0 Å². The van der Waals surface area contributed by atoms with E-state index < -0.39 is 5.97 Å². The fourth-order valence-corrected chi connectivity index (χ4v) is 3.01. The van der Waals surface area contributed by atoms with Gasteiger partial charge in [-0.3, -0.25) is 4.79 Å². The van der Waals surface area contributed by atoms with E-state index in [9.17, 15) is 4.79 Å². The maximum absolute atomic E-state index is 11.1. The zero-order valence-electron chi connectivity index (χ0n) is 10.4. The van der Waals surface area contributed by atoms with Crippen molar-refractivity contribution < 1.29 is 19.4 Å². The van der Waals surface area contributed by atoms with Crippen LogP contribution in [0.1, 0.15) is 31.2 Å². The first kappa shape index (κ1) is 12.6. The van der Waals surface area contributed by atoms with Crippen LogP contribution in [-0.2, 0) is 10.2 Å². The molecule has 1 aliphatic heterocycles. The molecule has 0 aromatic heterocycles. The predicted molar refractivity (Wildman–Crippen MR) is 70.2 cm³/mol. The molecule has 4 nitrogen and oxygen atoms in total. The van der Waals surface area contributed by atoms with Crippen LogP contribution in [0.15, 0.2) is 12.1 Å². The minimum absolute atomic E-state index is 0.0898. The van der Waals surface area contributed by atoms with Gasteiger partial charge in [0, 0.05) is 22.4 Å². The summed E-state index contributed by atoms with van der Waals surface area (Å²) in [7, 11) is 0. The highest BCUT2D eigenvalue weighted by Gasteiger charge is 2.49. The lowest BCUT2D eigenvalue weighted by atomic mass is 9.91. The fraction of sp³-hybridized carbons (Fsp3) is 0.500. The summed E-state index contributed by atoms with van der Waals surface area (Å²) < 4.78 is 11.4. The minimum atomic E-state index is -0.805.